The second-order valence-corrected chi connectivity index (χ2v) is 14.0. The van der Waals surface area contributed by atoms with Gasteiger partial charge in [-0.3, -0.25) is 9.59 Å². The van der Waals surface area contributed by atoms with Gasteiger partial charge in [0.15, 0.2) is 0 Å². The molecule has 0 aliphatic rings. The summed E-state index contributed by atoms with van der Waals surface area (Å²) in [4.78, 5) is 44.3. The molecule has 0 saturated carbocycles. The van der Waals surface area contributed by atoms with Crippen LogP contribution in [0.2, 0.25) is 0 Å². The standard InChI is InChI=1S/2C17H32O4.K.Li/c2*1-6-7-8-9-10-11-12-17(5,16(2,3)4)21-15(20)13-14(18)19;;/h2*6-13H2,1-5H3,(H,18,19);;/q;;2*+1/p-2. The van der Waals surface area contributed by atoms with Crippen molar-refractivity contribution in [1.82, 2.24) is 0 Å². The zero-order valence-corrected chi connectivity index (χ0v) is 33.7. The van der Waals surface area contributed by atoms with E-state index in [1.165, 1.54) is 51.4 Å². The van der Waals surface area contributed by atoms with E-state index < -0.39 is 47.9 Å². The number of aliphatic carboxylic acids is 2. The summed E-state index contributed by atoms with van der Waals surface area (Å²) in [5.41, 5.74) is -1.77. The van der Waals surface area contributed by atoms with Crippen LogP contribution >= 0.6 is 0 Å². The van der Waals surface area contributed by atoms with E-state index in [9.17, 15) is 29.4 Å². The monoisotopic (exact) mass is 644 g/mol. The molecule has 0 aliphatic carbocycles. The molecular formula is C34H62KLiO8. The molecule has 2 atom stereocenters. The summed E-state index contributed by atoms with van der Waals surface area (Å²) in [5.74, 6) is -4.21. The molecule has 0 rings (SSSR count). The van der Waals surface area contributed by atoms with E-state index in [0.29, 0.717) is 0 Å². The fraction of sp³-hybridized carbons (Fsp3) is 0.882. The van der Waals surface area contributed by atoms with Crippen molar-refractivity contribution in [3.05, 3.63) is 0 Å². The number of unbranched alkanes of at least 4 members (excludes halogenated alkanes) is 10. The quantitative estimate of drug-likeness (QED) is 0.0808. The van der Waals surface area contributed by atoms with E-state index in [-0.39, 0.29) is 81.1 Å². The topological polar surface area (TPSA) is 133 Å². The maximum atomic E-state index is 11.6. The third-order valence-electron chi connectivity index (χ3n) is 8.44. The first-order valence-corrected chi connectivity index (χ1v) is 16.1. The third-order valence-corrected chi connectivity index (χ3v) is 8.44. The number of esters is 2. The minimum atomic E-state index is -1.39. The molecule has 0 aliphatic heterocycles. The Morgan fingerprint density at radius 1 is 0.500 bits per heavy atom. The maximum Gasteiger partial charge on any atom is 1.00 e. The van der Waals surface area contributed by atoms with E-state index in [2.05, 4.69) is 13.8 Å². The van der Waals surface area contributed by atoms with Gasteiger partial charge in [0.1, 0.15) is 11.2 Å². The SMILES string of the molecule is CCCCCCCCC(C)(OC(=O)CC(=O)[O-])C(C)(C)C.CCCCCCCCC(C)(OC(=O)CC(=O)[O-])C(C)(C)C.[K+].[Li+]. The Labute approximate surface area is 323 Å². The fourth-order valence-electron chi connectivity index (χ4n) is 4.45. The molecular weight excluding hydrogens is 582 g/mol. The van der Waals surface area contributed by atoms with Gasteiger partial charge >= 0.3 is 82.2 Å². The van der Waals surface area contributed by atoms with Crippen LogP contribution in [-0.2, 0) is 28.7 Å². The van der Waals surface area contributed by atoms with Crippen molar-refractivity contribution in [1.29, 1.82) is 0 Å². The Kier molecular flexibility index (Phi) is 30.2. The Balaban J connectivity index is -0.000000348. The molecule has 2 unspecified atom stereocenters. The van der Waals surface area contributed by atoms with Crippen molar-refractivity contribution >= 4 is 23.9 Å². The van der Waals surface area contributed by atoms with Crippen LogP contribution in [-0.4, -0.2) is 35.1 Å². The minimum absolute atomic E-state index is 0. The van der Waals surface area contributed by atoms with Crippen LogP contribution in [0.1, 0.15) is 172 Å². The smallest absolute Gasteiger partial charge is 0.550 e. The molecule has 10 heteroatoms. The first-order chi connectivity index (χ1) is 19.2. The summed E-state index contributed by atoms with van der Waals surface area (Å²) >= 11 is 0. The van der Waals surface area contributed by atoms with Gasteiger partial charge in [0.05, 0.1) is 24.8 Å². The normalized spacial score (nSPS) is 13.9. The summed E-state index contributed by atoms with van der Waals surface area (Å²) in [6.07, 6.45) is 14.2. The number of ether oxygens (including phenoxy) is 2. The van der Waals surface area contributed by atoms with Crippen LogP contribution in [0.5, 0.6) is 0 Å². The van der Waals surface area contributed by atoms with Crippen LogP contribution in [0, 0.1) is 10.8 Å². The van der Waals surface area contributed by atoms with Crippen molar-refractivity contribution < 1.29 is 109 Å². The van der Waals surface area contributed by atoms with Crippen LogP contribution in [0.4, 0.5) is 0 Å². The van der Waals surface area contributed by atoms with Gasteiger partial charge < -0.3 is 29.3 Å². The predicted molar refractivity (Wildman–Crippen MR) is 163 cm³/mol. The van der Waals surface area contributed by atoms with Gasteiger partial charge in [-0.05, 0) is 39.5 Å². The number of carboxylic acid groups (broad SMARTS) is 2. The maximum absolute atomic E-state index is 11.6. The molecule has 8 nitrogen and oxygen atoms in total. The molecule has 0 radical (unpaired) electrons. The van der Waals surface area contributed by atoms with E-state index in [1.54, 1.807) is 0 Å². The molecule has 0 aromatic heterocycles. The molecule has 0 aromatic rings. The molecule has 44 heavy (non-hydrogen) atoms. The third kappa shape index (κ3) is 24.3. The number of hydrogen-bond donors (Lipinski definition) is 0. The molecule has 0 spiro atoms. The first-order valence-electron chi connectivity index (χ1n) is 16.1. The molecule has 0 heterocycles. The molecule has 248 valence electrons. The summed E-state index contributed by atoms with van der Waals surface area (Å²) < 4.78 is 11.0. The first kappa shape index (κ1) is 51.0. The molecule has 0 fully saturated rings. The molecule has 0 saturated heterocycles. The van der Waals surface area contributed by atoms with E-state index in [1.807, 2.05) is 55.4 Å². The van der Waals surface area contributed by atoms with Gasteiger partial charge in [-0.25, -0.2) is 0 Å². The average Bonchev–Trinajstić information content (AvgIpc) is 2.81. The number of hydrogen-bond acceptors (Lipinski definition) is 8. The van der Waals surface area contributed by atoms with Gasteiger partial charge in [0.2, 0.25) is 0 Å². The van der Waals surface area contributed by atoms with Crippen molar-refractivity contribution in [3.63, 3.8) is 0 Å². The van der Waals surface area contributed by atoms with Gasteiger partial charge in [-0.2, -0.15) is 0 Å². The van der Waals surface area contributed by atoms with Gasteiger partial charge in [0.25, 0.3) is 0 Å². The van der Waals surface area contributed by atoms with Crippen LogP contribution in [0.25, 0.3) is 0 Å². The second-order valence-electron chi connectivity index (χ2n) is 14.0. The molecule has 0 amide bonds. The van der Waals surface area contributed by atoms with Crippen molar-refractivity contribution in [2.24, 2.45) is 10.8 Å². The van der Waals surface area contributed by atoms with Crippen molar-refractivity contribution in [2.75, 3.05) is 0 Å². The molecule has 0 N–H and O–H groups in total. The Morgan fingerprint density at radius 2 is 0.750 bits per heavy atom. The van der Waals surface area contributed by atoms with Crippen LogP contribution < -0.4 is 80.5 Å². The van der Waals surface area contributed by atoms with E-state index >= 15 is 0 Å². The number of rotatable bonds is 20. The fourth-order valence-corrected chi connectivity index (χ4v) is 4.45. The molecule has 0 aromatic carbocycles. The predicted octanol–water partition coefficient (Wildman–Crippen LogP) is 0.458. The summed E-state index contributed by atoms with van der Waals surface area (Å²) in [6.45, 7) is 20.2. The zero-order valence-electron chi connectivity index (χ0n) is 30.6. The number of carboxylic acids is 2. The Bertz CT molecular complexity index is 740. The summed E-state index contributed by atoms with van der Waals surface area (Å²) in [5, 5.41) is 21.0. The summed E-state index contributed by atoms with van der Waals surface area (Å²) in [7, 11) is 0. The minimum Gasteiger partial charge on any atom is -0.550 e. The largest absolute Gasteiger partial charge is 1.00 e. The van der Waals surface area contributed by atoms with Crippen LogP contribution in [0.3, 0.4) is 0 Å². The van der Waals surface area contributed by atoms with Crippen molar-refractivity contribution in [3.8, 4) is 0 Å². The van der Waals surface area contributed by atoms with E-state index in [4.69, 9.17) is 9.47 Å². The summed E-state index contributed by atoms with van der Waals surface area (Å²) in [6, 6.07) is 0. The van der Waals surface area contributed by atoms with Crippen molar-refractivity contribution in [2.45, 2.75) is 183 Å². The number of carbonyl (C=O) groups is 4. The average molecular weight is 645 g/mol. The molecule has 0 bridgehead atoms. The van der Waals surface area contributed by atoms with Crippen LogP contribution in [0.15, 0.2) is 0 Å². The Hall–Kier alpha value is 0.114. The zero-order chi connectivity index (χ0) is 33.0. The van der Waals surface area contributed by atoms with Gasteiger partial charge in [0, 0.05) is 10.8 Å². The van der Waals surface area contributed by atoms with Gasteiger partial charge in [-0.1, -0.05) is 120 Å². The van der Waals surface area contributed by atoms with E-state index in [0.717, 1.165) is 38.5 Å². The van der Waals surface area contributed by atoms with Gasteiger partial charge in [-0.15, -0.1) is 0 Å². The number of carbonyl (C=O) groups excluding carboxylic acids is 4. The Morgan fingerprint density at radius 3 is 0.977 bits per heavy atom. The second kappa shape index (κ2) is 26.1.